The summed E-state index contributed by atoms with van der Waals surface area (Å²) in [4.78, 5) is 0. The molecule has 2 aromatic rings. The van der Waals surface area contributed by atoms with Crippen LogP contribution in [0.2, 0.25) is 0 Å². The van der Waals surface area contributed by atoms with Crippen molar-refractivity contribution in [3.05, 3.63) is 65.2 Å². The Kier molecular flexibility index (Phi) is 4.60. The number of halogens is 1. The Balaban J connectivity index is 0.00000161. The molecule has 0 fully saturated rings. The van der Waals surface area contributed by atoms with Crippen molar-refractivity contribution in [3.8, 4) is 5.75 Å². The van der Waals surface area contributed by atoms with E-state index in [4.69, 9.17) is 10.5 Å². The zero-order chi connectivity index (χ0) is 14.2. The summed E-state index contributed by atoms with van der Waals surface area (Å²) in [7, 11) is 1.73. The second-order valence-electron chi connectivity index (χ2n) is 6.00. The van der Waals surface area contributed by atoms with E-state index in [1.165, 1.54) is 16.7 Å². The van der Waals surface area contributed by atoms with Crippen molar-refractivity contribution in [2.24, 2.45) is 11.1 Å². The number of hydrogen-bond acceptors (Lipinski definition) is 2. The third kappa shape index (κ3) is 2.78. The minimum atomic E-state index is 0. The smallest absolute Gasteiger partial charge is 0.122 e. The minimum absolute atomic E-state index is 0. The van der Waals surface area contributed by atoms with Gasteiger partial charge in [0.15, 0.2) is 0 Å². The molecule has 0 aliphatic heterocycles. The Labute approximate surface area is 132 Å². The van der Waals surface area contributed by atoms with Gasteiger partial charge < -0.3 is 10.5 Å². The van der Waals surface area contributed by atoms with E-state index in [0.29, 0.717) is 0 Å². The van der Waals surface area contributed by atoms with E-state index in [9.17, 15) is 0 Å². The molecular formula is C18H22ClNO. The van der Waals surface area contributed by atoms with Crippen LogP contribution in [0.4, 0.5) is 0 Å². The van der Waals surface area contributed by atoms with Gasteiger partial charge >= 0.3 is 0 Å². The number of hydrogen-bond donors (Lipinski definition) is 1. The van der Waals surface area contributed by atoms with Crippen molar-refractivity contribution in [1.29, 1.82) is 0 Å². The van der Waals surface area contributed by atoms with Gasteiger partial charge in [0.05, 0.1) is 7.11 Å². The Bertz CT molecular complexity index is 628. The average molecular weight is 304 g/mol. The molecule has 0 radical (unpaired) electrons. The summed E-state index contributed by atoms with van der Waals surface area (Å²) in [5.74, 6) is 0.955. The predicted molar refractivity (Wildman–Crippen MR) is 89.1 cm³/mol. The van der Waals surface area contributed by atoms with Crippen molar-refractivity contribution < 1.29 is 4.74 Å². The van der Waals surface area contributed by atoms with Gasteiger partial charge in [0.1, 0.15) is 5.75 Å². The molecule has 112 valence electrons. The Morgan fingerprint density at radius 1 is 1.14 bits per heavy atom. The van der Waals surface area contributed by atoms with Gasteiger partial charge in [-0.15, -0.1) is 12.4 Å². The summed E-state index contributed by atoms with van der Waals surface area (Å²) in [6.45, 7) is 2.28. The highest BCUT2D eigenvalue weighted by Gasteiger charge is 2.40. The average Bonchev–Trinajstić information content (AvgIpc) is 2.71. The number of para-hydroxylation sites is 1. The van der Waals surface area contributed by atoms with Crippen LogP contribution in [0.1, 0.15) is 29.7 Å². The highest BCUT2D eigenvalue weighted by Crippen LogP contribution is 2.46. The Morgan fingerprint density at radius 2 is 1.81 bits per heavy atom. The van der Waals surface area contributed by atoms with Crippen molar-refractivity contribution in [2.75, 3.05) is 7.11 Å². The van der Waals surface area contributed by atoms with Crippen molar-refractivity contribution in [1.82, 2.24) is 0 Å². The van der Waals surface area contributed by atoms with E-state index in [-0.39, 0.29) is 23.9 Å². The number of rotatable bonds is 3. The van der Waals surface area contributed by atoms with Crippen LogP contribution >= 0.6 is 12.4 Å². The molecule has 2 atom stereocenters. The van der Waals surface area contributed by atoms with Crippen LogP contribution in [0.25, 0.3) is 0 Å². The first kappa shape index (κ1) is 15.9. The maximum atomic E-state index is 6.52. The quantitative estimate of drug-likeness (QED) is 0.932. The molecule has 2 aromatic carbocycles. The lowest BCUT2D eigenvalue weighted by Crippen LogP contribution is -2.30. The third-order valence-electron chi connectivity index (χ3n) is 4.52. The molecule has 21 heavy (non-hydrogen) atoms. The zero-order valence-corrected chi connectivity index (χ0v) is 13.3. The number of benzene rings is 2. The number of methoxy groups -OCH3 is 1. The summed E-state index contributed by atoms with van der Waals surface area (Å²) in [6.07, 6.45) is 1.97. The first-order chi connectivity index (χ1) is 9.64. The van der Waals surface area contributed by atoms with E-state index >= 15 is 0 Å². The van der Waals surface area contributed by atoms with Gasteiger partial charge in [-0.2, -0.15) is 0 Å². The van der Waals surface area contributed by atoms with Gasteiger partial charge in [0.2, 0.25) is 0 Å². The van der Waals surface area contributed by atoms with Crippen LogP contribution in [0, 0.1) is 5.41 Å². The van der Waals surface area contributed by atoms with E-state index < -0.39 is 0 Å². The van der Waals surface area contributed by atoms with Gasteiger partial charge in [-0.3, -0.25) is 0 Å². The molecule has 2 N–H and O–H groups in total. The summed E-state index contributed by atoms with van der Waals surface area (Å²) in [5, 5.41) is 0. The fraction of sp³-hybridized carbons (Fsp3) is 0.333. The molecule has 0 spiro atoms. The van der Waals surface area contributed by atoms with E-state index in [1.807, 2.05) is 12.1 Å². The molecule has 0 amide bonds. The van der Waals surface area contributed by atoms with Crippen molar-refractivity contribution >= 4 is 12.4 Å². The summed E-state index contributed by atoms with van der Waals surface area (Å²) in [5.41, 5.74) is 10.5. The Hall–Kier alpha value is -1.51. The number of nitrogens with two attached hydrogens (primary N) is 1. The monoisotopic (exact) mass is 303 g/mol. The SMILES string of the molecule is COc1ccccc1CC1(C)Cc2ccccc2C1N.Cl. The molecule has 1 aliphatic rings. The fourth-order valence-electron chi connectivity index (χ4n) is 3.38. The van der Waals surface area contributed by atoms with Crippen LogP contribution in [-0.4, -0.2) is 7.11 Å². The number of fused-ring (bicyclic) bond motifs is 1. The molecule has 1 aliphatic carbocycles. The second kappa shape index (κ2) is 6.08. The zero-order valence-electron chi connectivity index (χ0n) is 12.5. The topological polar surface area (TPSA) is 35.2 Å². The summed E-state index contributed by atoms with van der Waals surface area (Å²) >= 11 is 0. The fourth-order valence-corrected chi connectivity index (χ4v) is 3.38. The molecule has 3 rings (SSSR count). The minimum Gasteiger partial charge on any atom is -0.496 e. The molecule has 3 heteroatoms. The molecule has 0 saturated heterocycles. The largest absolute Gasteiger partial charge is 0.496 e. The maximum Gasteiger partial charge on any atom is 0.122 e. The molecule has 2 nitrogen and oxygen atoms in total. The van der Waals surface area contributed by atoms with Crippen LogP contribution in [0.5, 0.6) is 5.75 Å². The van der Waals surface area contributed by atoms with Crippen LogP contribution in [0.3, 0.4) is 0 Å². The van der Waals surface area contributed by atoms with Gasteiger partial charge in [0.25, 0.3) is 0 Å². The standard InChI is InChI=1S/C18H21NO.ClH/c1-18(12-14-8-4-6-10-16(14)20-2)11-13-7-3-5-9-15(13)17(18)19;/h3-10,17H,11-12,19H2,1-2H3;1H. The van der Waals surface area contributed by atoms with Gasteiger partial charge in [-0.05, 0) is 41.0 Å². The van der Waals surface area contributed by atoms with Gasteiger partial charge in [-0.1, -0.05) is 49.4 Å². The Morgan fingerprint density at radius 3 is 2.52 bits per heavy atom. The van der Waals surface area contributed by atoms with E-state index in [2.05, 4.69) is 43.3 Å². The summed E-state index contributed by atoms with van der Waals surface area (Å²) < 4.78 is 5.47. The van der Waals surface area contributed by atoms with Crippen LogP contribution in [-0.2, 0) is 12.8 Å². The molecule has 0 aromatic heterocycles. The lowest BCUT2D eigenvalue weighted by Gasteiger charge is -2.30. The lowest BCUT2D eigenvalue weighted by molar-refractivity contribution is 0.274. The first-order valence-corrected chi connectivity index (χ1v) is 7.09. The molecular weight excluding hydrogens is 282 g/mol. The third-order valence-corrected chi connectivity index (χ3v) is 4.52. The van der Waals surface area contributed by atoms with E-state index in [1.54, 1.807) is 7.11 Å². The van der Waals surface area contributed by atoms with E-state index in [0.717, 1.165) is 18.6 Å². The normalized spacial score (nSPS) is 23.3. The highest BCUT2D eigenvalue weighted by molar-refractivity contribution is 5.85. The first-order valence-electron chi connectivity index (χ1n) is 7.09. The highest BCUT2D eigenvalue weighted by atomic mass is 35.5. The van der Waals surface area contributed by atoms with Crippen molar-refractivity contribution in [2.45, 2.75) is 25.8 Å². The number of ether oxygens (including phenoxy) is 1. The predicted octanol–water partition coefficient (Wildman–Crippen LogP) is 3.92. The van der Waals surface area contributed by atoms with Crippen LogP contribution < -0.4 is 10.5 Å². The molecule has 2 unspecified atom stereocenters. The van der Waals surface area contributed by atoms with Gasteiger partial charge in [0, 0.05) is 6.04 Å². The molecule has 0 heterocycles. The maximum absolute atomic E-state index is 6.52. The van der Waals surface area contributed by atoms with Crippen molar-refractivity contribution in [3.63, 3.8) is 0 Å². The van der Waals surface area contributed by atoms with Gasteiger partial charge in [-0.25, -0.2) is 0 Å². The summed E-state index contributed by atoms with van der Waals surface area (Å²) in [6, 6.07) is 16.8. The van der Waals surface area contributed by atoms with Crippen LogP contribution in [0.15, 0.2) is 48.5 Å². The molecule has 0 bridgehead atoms. The second-order valence-corrected chi connectivity index (χ2v) is 6.00. The lowest BCUT2D eigenvalue weighted by atomic mass is 9.77. The molecule has 0 saturated carbocycles.